The van der Waals surface area contributed by atoms with Crippen molar-refractivity contribution in [2.45, 2.75) is 19.8 Å². The SMILES string of the molecule is CCOC(=O)[C@H]1CCCN(C(=O)c2cc3ccccc3o2)C1. The third kappa shape index (κ3) is 2.84. The minimum absolute atomic E-state index is 0.162. The fraction of sp³-hybridized carbons (Fsp3) is 0.412. The Labute approximate surface area is 128 Å². The first-order valence-electron chi connectivity index (χ1n) is 7.63. The first-order chi connectivity index (χ1) is 10.7. The minimum Gasteiger partial charge on any atom is -0.466 e. The van der Waals surface area contributed by atoms with Gasteiger partial charge in [0, 0.05) is 18.5 Å². The third-order valence-electron chi connectivity index (χ3n) is 3.96. The van der Waals surface area contributed by atoms with Crippen LogP contribution in [0.3, 0.4) is 0 Å². The van der Waals surface area contributed by atoms with Gasteiger partial charge < -0.3 is 14.1 Å². The summed E-state index contributed by atoms with van der Waals surface area (Å²) < 4.78 is 10.7. The van der Waals surface area contributed by atoms with Crippen molar-refractivity contribution in [1.82, 2.24) is 4.90 Å². The minimum atomic E-state index is -0.234. The predicted octanol–water partition coefficient (Wildman–Crippen LogP) is 2.85. The summed E-state index contributed by atoms with van der Waals surface area (Å²) >= 11 is 0. The van der Waals surface area contributed by atoms with E-state index in [9.17, 15) is 9.59 Å². The maximum Gasteiger partial charge on any atom is 0.310 e. The zero-order chi connectivity index (χ0) is 15.5. The Morgan fingerprint density at radius 2 is 2.18 bits per heavy atom. The molecule has 2 heterocycles. The second-order valence-electron chi connectivity index (χ2n) is 5.49. The zero-order valence-corrected chi connectivity index (χ0v) is 12.6. The zero-order valence-electron chi connectivity index (χ0n) is 12.6. The standard InChI is InChI=1S/C17H19NO4/c1-2-21-17(20)13-7-5-9-18(11-13)16(19)15-10-12-6-3-4-8-14(12)22-15/h3-4,6,8,10,13H,2,5,7,9,11H2,1H3/t13-/m0/s1. The van der Waals surface area contributed by atoms with Crippen LogP contribution in [0, 0.1) is 5.92 Å². The van der Waals surface area contributed by atoms with Crippen molar-refractivity contribution in [1.29, 1.82) is 0 Å². The molecular weight excluding hydrogens is 282 g/mol. The van der Waals surface area contributed by atoms with Crippen LogP contribution in [0.25, 0.3) is 11.0 Å². The number of para-hydroxylation sites is 1. The van der Waals surface area contributed by atoms with Gasteiger partial charge >= 0.3 is 5.97 Å². The van der Waals surface area contributed by atoms with E-state index in [1.165, 1.54) is 0 Å². The molecule has 0 bridgehead atoms. The molecule has 5 nitrogen and oxygen atoms in total. The summed E-state index contributed by atoms with van der Waals surface area (Å²) in [6, 6.07) is 9.28. The number of nitrogens with zero attached hydrogens (tertiary/aromatic N) is 1. The fourth-order valence-electron chi connectivity index (χ4n) is 2.86. The van der Waals surface area contributed by atoms with Gasteiger partial charge in [0.15, 0.2) is 5.76 Å². The summed E-state index contributed by atoms with van der Waals surface area (Å²) in [4.78, 5) is 26.1. The average Bonchev–Trinajstić information content (AvgIpc) is 2.98. The van der Waals surface area contributed by atoms with Crippen LogP contribution in [0.2, 0.25) is 0 Å². The second kappa shape index (κ2) is 6.22. The number of fused-ring (bicyclic) bond motifs is 1. The second-order valence-corrected chi connectivity index (χ2v) is 5.49. The molecule has 0 N–H and O–H groups in total. The molecule has 1 atom stereocenters. The van der Waals surface area contributed by atoms with Crippen molar-refractivity contribution in [3.63, 3.8) is 0 Å². The lowest BCUT2D eigenvalue weighted by Crippen LogP contribution is -2.42. The maximum absolute atomic E-state index is 12.6. The molecule has 1 amide bonds. The lowest BCUT2D eigenvalue weighted by atomic mass is 9.98. The van der Waals surface area contributed by atoms with E-state index >= 15 is 0 Å². The number of carbonyl (C=O) groups is 2. The Balaban J connectivity index is 1.75. The summed E-state index contributed by atoms with van der Waals surface area (Å²) in [6.45, 7) is 3.20. The van der Waals surface area contributed by atoms with Gasteiger partial charge in [0.2, 0.25) is 0 Å². The van der Waals surface area contributed by atoms with Crippen molar-refractivity contribution in [3.8, 4) is 0 Å². The molecule has 2 aromatic rings. The van der Waals surface area contributed by atoms with Gasteiger partial charge in [0.25, 0.3) is 5.91 Å². The topological polar surface area (TPSA) is 59.8 Å². The van der Waals surface area contributed by atoms with Gasteiger partial charge in [0.1, 0.15) is 5.58 Å². The number of furan rings is 1. The lowest BCUT2D eigenvalue weighted by Gasteiger charge is -2.30. The molecule has 1 aliphatic heterocycles. The maximum atomic E-state index is 12.6. The van der Waals surface area contributed by atoms with E-state index in [1.54, 1.807) is 17.9 Å². The molecule has 0 saturated carbocycles. The third-order valence-corrected chi connectivity index (χ3v) is 3.96. The van der Waals surface area contributed by atoms with E-state index in [4.69, 9.17) is 9.15 Å². The van der Waals surface area contributed by atoms with Crippen LogP contribution in [-0.2, 0) is 9.53 Å². The molecule has 1 aromatic heterocycles. The molecule has 0 spiro atoms. The van der Waals surface area contributed by atoms with E-state index < -0.39 is 0 Å². The number of piperidine rings is 1. The van der Waals surface area contributed by atoms with Gasteiger partial charge in [-0.25, -0.2) is 0 Å². The number of benzene rings is 1. The van der Waals surface area contributed by atoms with Gasteiger partial charge in [-0.15, -0.1) is 0 Å². The number of hydrogen-bond donors (Lipinski definition) is 0. The first-order valence-corrected chi connectivity index (χ1v) is 7.63. The summed E-state index contributed by atoms with van der Waals surface area (Å²) in [5.74, 6) is -0.289. The Morgan fingerprint density at radius 3 is 2.95 bits per heavy atom. The van der Waals surface area contributed by atoms with Gasteiger partial charge in [-0.1, -0.05) is 18.2 Å². The van der Waals surface area contributed by atoms with Gasteiger partial charge in [0.05, 0.1) is 12.5 Å². The highest BCUT2D eigenvalue weighted by atomic mass is 16.5. The van der Waals surface area contributed by atoms with E-state index in [0.29, 0.717) is 31.0 Å². The van der Waals surface area contributed by atoms with Crippen molar-refractivity contribution in [2.75, 3.05) is 19.7 Å². The molecule has 1 saturated heterocycles. The highest BCUT2D eigenvalue weighted by Gasteiger charge is 2.30. The molecule has 1 aliphatic rings. The number of esters is 1. The highest BCUT2D eigenvalue weighted by Crippen LogP contribution is 2.23. The summed E-state index contributed by atoms with van der Waals surface area (Å²) in [5.41, 5.74) is 0.699. The van der Waals surface area contributed by atoms with Crippen LogP contribution in [0.15, 0.2) is 34.7 Å². The molecule has 0 radical (unpaired) electrons. The highest BCUT2D eigenvalue weighted by molar-refractivity contribution is 5.96. The molecule has 3 rings (SSSR count). The Morgan fingerprint density at radius 1 is 1.36 bits per heavy atom. The molecule has 0 unspecified atom stereocenters. The molecule has 22 heavy (non-hydrogen) atoms. The summed E-state index contributed by atoms with van der Waals surface area (Å²) in [5, 5.41) is 0.907. The number of carbonyl (C=O) groups excluding carboxylic acids is 2. The monoisotopic (exact) mass is 301 g/mol. The van der Waals surface area contributed by atoms with Gasteiger partial charge in [-0.2, -0.15) is 0 Å². The smallest absolute Gasteiger partial charge is 0.310 e. The Kier molecular flexibility index (Phi) is 4.13. The number of ether oxygens (including phenoxy) is 1. The number of likely N-dealkylation sites (tertiary alicyclic amines) is 1. The first kappa shape index (κ1) is 14.6. The van der Waals surface area contributed by atoms with Gasteiger partial charge in [-0.05, 0) is 31.9 Å². The largest absolute Gasteiger partial charge is 0.466 e. The van der Waals surface area contributed by atoms with Gasteiger partial charge in [-0.3, -0.25) is 9.59 Å². The van der Waals surface area contributed by atoms with E-state index in [-0.39, 0.29) is 17.8 Å². The van der Waals surface area contributed by atoms with Crippen molar-refractivity contribution >= 4 is 22.8 Å². The van der Waals surface area contributed by atoms with Crippen molar-refractivity contribution < 1.29 is 18.7 Å². The average molecular weight is 301 g/mol. The predicted molar refractivity (Wildman–Crippen MR) is 81.5 cm³/mol. The van der Waals surface area contributed by atoms with Crippen LogP contribution in [0.5, 0.6) is 0 Å². The number of rotatable bonds is 3. The molecule has 5 heteroatoms. The number of hydrogen-bond acceptors (Lipinski definition) is 4. The lowest BCUT2D eigenvalue weighted by molar-refractivity contribution is -0.149. The molecular formula is C17H19NO4. The Bertz CT molecular complexity index is 658. The van der Waals surface area contributed by atoms with E-state index in [1.807, 2.05) is 24.3 Å². The normalized spacial score (nSPS) is 18.4. The fourth-order valence-corrected chi connectivity index (χ4v) is 2.86. The summed E-state index contributed by atoms with van der Waals surface area (Å²) in [7, 11) is 0. The van der Waals surface area contributed by atoms with Crippen LogP contribution >= 0.6 is 0 Å². The van der Waals surface area contributed by atoms with Crippen molar-refractivity contribution in [2.24, 2.45) is 5.92 Å². The number of amides is 1. The van der Waals surface area contributed by atoms with Crippen LogP contribution < -0.4 is 0 Å². The summed E-state index contributed by atoms with van der Waals surface area (Å²) in [6.07, 6.45) is 1.57. The molecule has 1 fully saturated rings. The quantitative estimate of drug-likeness (QED) is 0.818. The van der Waals surface area contributed by atoms with Crippen LogP contribution in [0.4, 0.5) is 0 Å². The molecule has 116 valence electrons. The van der Waals surface area contributed by atoms with Crippen molar-refractivity contribution in [3.05, 3.63) is 36.1 Å². The van der Waals surface area contributed by atoms with E-state index in [0.717, 1.165) is 18.2 Å². The van der Waals surface area contributed by atoms with E-state index in [2.05, 4.69) is 0 Å². The molecule has 1 aromatic carbocycles. The van der Waals surface area contributed by atoms with Crippen LogP contribution in [0.1, 0.15) is 30.3 Å². The Hall–Kier alpha value is -2.30. The van der Waals surface area contributed by atoms with Crippen LogP contribution in [-0.4, -0.2) is 36.5 Å². The molecule has 0 aliphatic carbocycles.